The Morgan fingerprint density at radius 1 is 1.16 bits per heavy atom. The van der Waals surface area contributed by atoms with E-state index in [-0.39, 0.29) is 5.56 Å². The third-order valence-electron chi connectivity index (χ3n) is 3.21. The quantitative estimate of drug-likeness (QED) is 0.480. The summed E-state index contributed by atoms with van der Waals surface area (Å²) in [5.74, 6) is -0.336. The van der Waals surface area contributed by atoms with Crippen LogP contribution in [0.1, 0.15) is 15.9 Å². The highest BCUT2D eigenvalue weighted by Crippen LogP contribution is 2.27. The van der Waals surface area contributed by atoms with Crippen molar-refractivity contribution in [3.63, 3.8) is 0 Å². The highest BCUT2D eigenvalue weighted by molar-refractivity contribution is 5.95. The summed E-state index contributed by atoms with van der Waals surface area (Å²) in [5.41, 5.74) is 2.32. The number of ether oxygens (including phenoxy) is 2. The predicted molar refractivity (Wildman–Crippen MR) is 87.1 cm³/mol. The van der Waals surface area contributed by atoms with Gasteiger partial charge < -0.3 is 14.6 Å². The number of rotatable bonds is 6. The average molecular weight is 344 g/mol. The van der Waals surface area contributed by atoms with Gasteiger partial charge in [0.1, 0.15) is 0 Å². The zero-order valence-corrected chi connectivity index (χ0v) is 13.4. The zero-order valence-electron chi connectivity index (χ0n) is 13.4. The Labute approximate surface area is 142 Å². The lowest BCUT2D eigenvalue weighted by molar-refractivity contribution is -0.398. The van der Waals surface area contributed by atoms with E-state index in [0.717, 1.165) is 12.1 Å². The highest BCUT2D eigenvalue weighted by Gasteiger charge is 2.10. The molecule has 2 aromatic rings. The van der Waals surface area contributed by atoms with Crippen molar-refractivity contribution in [3.8, 4) is 17.2 Å². The molecule has 0 saturated carbocycles. The van der Waals surface area contributed by atoms with Crippen LogP contribution in [0.3, 0.4) is 0 Å². The molecule has 0 heterocycles. The predicted octanol–water partition coefficient (Wildman–Crippen LogP) is 1.45. The van der Waals surface area contributed by atoms with Crippen molar-refractivity contribution in [1.29, 1.82) is 0 Å². The van der Waals surface area contributed by atoms with Crippen molar-refractivity contribution in [1.82, 2.24) is 5.43 Å². The third-order valence-corrected chi connectivity index (χ3v) is 3.21. The Hall–Kier alpha value is -3.62. The van der Waals surface area contributed by atoms with Gasteiger partial charge in [0.15, 0.2) is 11.5 Å². The standard InChI is InChI=1S/C16H15N3O6/c1-24-14-6-4-11(8-15(14)25-2)16(21)18-17-9-10-3-5-13(20)12(7-10)19(22)23/h3-9,20H,1-2H3,(H,18,21)/p-1/b17-9-. The minimum absolute atomic E-state index is 0.288. The summed E-state index contributed by atoms with van der Waals surface area (Å²) in [6, 6.07) is 8.10. The summed E-state index contributed by atoms with van der Waals surface area (Å²) in [5, 5.41) is 25.8. The molecule has 0 unspecified atom stereocenters. The summed E-state index contributed by atoms with van der Waals surface area (Å²) in [6.07, 6.45) is 1.20. The third kappa shape index (κ3) is 4.22. The molecule has 0 fully saturated rings. The van der Waals surface area contributed by atoms with Crippen LogP contribution < -0.4 is 20.0 Å². The Morgan fingerprint density at radius 3 is 2.52 bits per heavy atom. The van der Waals surface area contributed by atoms with Gasteiger partial charge in [0.25, 0.3) is 11.6 Å². The van der Waals surface area contributed by atoms with Crippen LogP contribution in [-0.2, 0) is 0 Å². The number of nitrogens with one attached hydrogen (secondary N) is 1. The van der Waals surface area contributed by atoms with E-state index < -0.39 is 22.3 Å². The number of nitrogens with zero attached hydrogens (tertiary/aromatic N) is 2. The maximum Gasteiger partial charge on any atom is 0.271 e. The first-order valence-electron chi connectivity index (χ1n) is 6.97. The molecular weight excluding hydrogens is 330 g/mol. The van der Waals surface area contributed by atoms with Crippen molar-refractivity contribution < 1.29 is 24.3 Å². The van der Waals surface area contributed by atoms with Crippen molar-refractivity contribution in [2.45, 2.75) is 0 Å². The second-order valence-corrected chi connectivity index (χ2v) is 4.75. The van der Waals surface area contributed by atoms with Crippen LogP contribution >= 0.6 is 0 Å². The Morgan fingerprint density at radius 2 is 1.88 bits per heavy atom. The molecule has 0 atom stereocenters. The maximum absolute atomic E-state index is 12.1. The molecule has 0 aliphatic heterocycles. The zero-order chi connectivity index (χ0) is 18.4. The van der Waals surface area contributed by atoms with Crippen LogP contribution in [0.2, 0.25) is 0 Å². The molecule has 0 aromatic heterocycles. The largest absolute Gasteiger partial charge is 0.868 e. The molecule has 130 valence electrons. The molecule has 9 heteroatoms. The molecule has 25 heavy (non-hydrogen) atoms. The fraction of sp³-hybridized carbons (Fsp3) is 0.125. The van der Waals surface area contributed by atoms with Gasteiger partial charge in [-0.1, -0.05) is 12.1 Å². The molecule has 0 bridgehead atoms. The highest BCUT2D eigenvalue weighted by atomic mass is 16.6. The van der Waals surface area contributed by atoms with E-state index in [1.54, 1.807) is 6.07 Å². The second kappa shape index (κ2) is 7.77. The fourth-order valence-electron chi connectivity index (χ4n) is 1.96. The number of hydrazone groups is 1. The van der Waals surface area contributed by atoms with Gasteiger partial charge in [-0.15, -0.1) is 0 Å². The Bertz CT molecular complexity index is 835. The molecule has 0 aliphatic rings. The fourth-order valence-corrected chi connectivity index (χ4v) is 1.96. The first kappa shape index (κ1) is 17.7. The van der Waals surface area contributed by atoms with E-state index >= 15 is 0 Å². The number of nitro benzene ring substituents is 1. The molecule has 9 nitrogen and oxygen atoms in total. The summed E-state index contributed by atoms with van der Waals surface area (Å²) in [6.45, 7) is 0. The lowest BCUT2D eigenvalue weighted by Gasteiger charge is -2.08. The lowest BCUT2D eigenvalue weighted by Crippen LogP contribution is -2.17. The van der Waals surface area contributed by atoms with Gasteiger partial charge >= 0.3 is 0 Å². The van der Waals surface area contributed by atoms with E-state index in [2.05, 4.69) is 10.5 Å². The molecule has 1 N–H and O–H groups in total. The van der Waals surface area contributed by atoms with Gasteiger partial charge in [-0.05, 0) is 23.9 Å². The van der Waals surface area contributed by atoms with Crippen LogP contribution in [0.4, 0.5) is 5.69 Å². The monoisotopic (exact) mass is 344 g/mol. The first-order chi connectivity index (χ1) is 12.0. The molecule has 0 radical (unpaired) electrons. The average Bonchev–Trinajstić information content (AvgIpc) is 2.62. The molecular formula is C16H14N3O6-. The van der Waals surface area contributed by atoms with E-state index in [9.17, 15) is 20.0 Å². The van der Waals surface area contributed by atoms with Gasteiger partial charge in [-0.2, -0.15) is 5.10 Å². The van der Waals surface area contributed by atoms with Gasteiger partial charge in [-0.3, -0.25) is 14.9 Å². The Kier molecular flexibility index (Phi) is 5.51. The van der Waals surface area contributed by atoms with Crippen LogP contribution in [-0.4, -0.2) is 31.3 Å². The van der Waals surface area contributed by atoms with Crippen molar-refractivity contribution in [2.75, 3.05) is 14.2 Å². The molecule has 0 saturated heterocycles. The van der Waals surface area contributed by atoms with Crippen LogP contribution in [0.15, 0.2) is 41.5 Å². The van der Waals surface area contributed by atoms with Crippen LogP contribution in [0.5, 0.6) is 17.2 Å². The first-order valence-corrected chi connectivity index (χ1v) is 6.97. The number of hydrogen-bond acceptors (Lipinski definition) is 7. The van der Waals surface area contributed by atoms with Crippen molar-refractivity contribution in [2.24, 2.45) is 5.10 Å². The SMILES string of the molecule is COc1ccc(C(=O)N/N=C\c2ccc([O-])c([N+](=O)[O-])c2)cc1OC. The topological polar surface area (TPSA) is 126 Å². The molecule has 2 rings (SSSR count). The van der Waals surface area contributed by atoms with E-state index in [4.69, 9.17) is 9.47 Å². The minimum atomic E-state index is -0.776. The molecule has 1 amide bonds. The molecule has 2 aromatic carbocycles. The number of carbonyl (C=O) groups is 1. The molecule has 0 aliphatic carbocycles. The summed E-state index contributed by atoms with van der Waals surface area (Å²) >= 11 is 0. The summed E-state index contributed by atoms with van der Waals surface area (Å²) < 4.78 is 10.2. The maximum atomic E-state index is 12.1. The smallest absolute Gasteiger partial charge is 0.271 e. The van der Waals surface area contributed by atoms with Gasteiger partial charge in [-0.25, -0.2) is 5.43 Å². The normalized spacial score (nSPS) is 10.5. The number of methoxy groups -OCH3 is 2. The second-order valence-electron chi connectivity index (χ2n) is 4.75. The number of carbonyl (C=O) groups excluding carboxylic acids is 1. The van der Waals surface area contributed by atoms with E-state index in [0.29, 0.717) is 17.1 Å². The lowest BCUT2D eigenvalue weighted by atomic mass is 10.2. The number of nitro groups is 1. The number of benzene rings is 2. The van der Waals surface area contributed by atoms with Gasteiger partial charge in [0.05, 0.1) is 25.4 Å². The van der Waals surface area contributed by atoms with E-state index in [1.807, 2.05) is 0 Å². The minimum Gasteiger partial charge on any atom is -0.868 e. The summed E-state index contributed by atoms with van der Waals surface area (Å²) in [7, 11) is 2.93. The summed E-state index contributed by atoms with van der Waals surface area (Å²) in [4.78, 5) is 22.0. The van der Waals surface area contributed by atoms with Crippen molar-refractivity contribution >= 4 is 17.8 Å². The van der Waals surface area contributed by atoms with Crippen LogP contribution in [0, 0.1) is 10.1 Å². The molecule has 0 spiro atoms. The van der Waals surface area contributed by atoms with Gasteiger partial charge in [0.2, 0.25) is 0 Å². The Balaban J connectivity index is 2.10. The number of hydrogen-bond donors (Lipinski definition) is 1. The van der Waals surface area contributed by atoms with E-state index in [1.165, 1.54) is 38.6 Å². The van der Waals surface area contributed by atoms with Crippen LogP contribution in [0.25, 0.3) is 0 Å². The van der Waals surface area contributed by atoms with Crippen molar-refractivity contribution in [3.05, 3.63) is 57.6 Å². The number of amides is 1. The van der Waals surface area contributed by atoms with Gasteiger partial charge in [0, 0.05) is 17.2 Å².